The number of hydrogen-bond acceptors (Lipinski definition) is 3. The van der Waals surface area contributed by atoms with E-state index in [1.807, 2.05) is 6.92 Å². The highest BCUT2D eigenvalue weighted by Crippen LogP contribution is 2.45. The molecule has 41 heavy (non-hydrogen) atoms. The number of hydrogen-bond donors (Lipinski definition) is 0. The summed E-state index contributed by atoms with van der Waals surface area (Å²) in [6.45, 7) is 1.07. The normalized spacial score (nSPS) is 19.7. The van der Waals surface area contributed by atoms with Crippen molar-refractivity contribution in [3.05, 3.63) is 52.6 Å². The molecule has 2 aromatic carbocycles. The lowest BCUT2D eigenvalue weighted by Crippen LogP contribution is -2.16. The third kappa shape index (κ3) is 8.32. The molecule has 2 saturated carbocycles. The molecule has 2 aliphatic carbocycles. The zero-order valence-corrected chi connectivity index (χ0v) is 24.5. The molecule has 2 aliphatic rings. The van der Waals surface area contributed by atoms with Gasteiger partial charge in [0, 0.05) is 5.56 Å². The number of ether oxygens (including phenoxy) is 3. The fourth-order valence-corrected chi connectivity index (χ4v) is 6.56. The van der Waals surface area contributed by atoms with Crippen LogP contribution < -0.4 is 14.2 Å². The zero-order chi connectivity index (χ0) is 29.0. The van der Waals surface area contributed by atoms with E-state index < -0.39 is 25.0 Å². The molecule has 0 aliphatic heterocycles. The minimum absolute atomic E-state index is 0.00984. The second-order valence-corrected chi connectivity index (χ2v) is 11.6. The summed E-state index contributed by atoms with van der Waals surface area (Å²) in [5.74, 6) is 0.249. The lowest BCUT2D eigenvalue weighted by molar-refractivity contribution is 0.228. The molecule has 2 fully saturated rings. The maximum Gasteiger partial charge on any atom is 0.200 e. The van der Waals surface area contributed by atoms with Crippen LogP contribution in [0.25, 0.3) is 0 Å². The maximum absolute atomic E-state index is 14.9. The molecular weight excluding hydrogens is 532 g/mol. The first kappa shape index (κ1) is 31.5. The van der Waals surface area contributed by atoms with Gasteiger partial charge in [-0.25, -0.2) is 13.2 Å². The maximum atomic E-state index is 14.9. The molecule has 0 spiro atoms. The van der Waals surface area contributed by atoms with E-state index >= 15 is 0 Å². The van der Waals surface area contributed by atoms with E-state index in [1.54, 1.807) is 12.1 Å². The van der Waals surface area contributed by atoms with Gasteiger partial charge in [0.1, 0.15) is 26.6 Å². The Kier molecular flexibility index (Phi) is 12.5. The van der Waals surface area contributed by atoms with Crippen LogP contribution in [0.1, 0.15) is 112 Å². The van der Waals surface area contributed by atoms with Crippen molar-refractivity contribution in [1.29, 1.82) is 0 Å². The van der Waals surface area contributed by atoms with Gasteiger partial charge in [-0.05, 0) is 92.7 Å². The molecule has 0 heterocycles. The zero-order valence-electron chi connectivity index (χ0n) is 24.5. The lowest BCUT2D eigenvalue weighted by atomic mass is 9.76. The first-order valence-corrected chi connectivity index (χ1v) is 15.7. The lowest BCUT2D eigenvalue weighted by Gasteiger charge is -2.30. The standard InChI is InChI=1S/C34H46F4O3/c1-2-3-21-39-30-18-17-28(31(37)32(30)38)26-12-9-24(10-13-26)11-14-27-15-16-29(25-7-5-4-6-8-25)34(41-23-20-36)33(27)40-22-19-35/h15-18,24-26H,2-14,19-23H2,1H3. The summed E-state index contributed by atoms with van der Waals surface area (Å²) in [5, 5.41) is 0. The molecule has 0 bridgehead atoms. The largest absolute Gasteiger partial charge is 0.490 e. The molecule has 7 heteroatoms. The molecule has 3 nitrogen and oxygen atoms in total. The van der Waals surface area contributed by atoms with Crippen LogP contribution in [0.2, 0.25) is 0 Å². The van der Waals surface area contributed by atoms with E-state index in [1.165, 1.54) is 6.42 Å². The summed E-state index contributed by atoms with van der Waals surface area (Å²) < 4.78 is 73.1. The Morgan fingerprint density at radius 1 is 0.683 bits per heavy atom. The fraction of sp³-hybridized carbons (Fsp3) is 0.647. The van der Waals surface area contributed by atoms with Crippen LogP contribution >= 0.6 is 0 Å². The average molecular weight is 579 g/mol. The molecule has 0 unspecified atom stereocenters. The van der Waals surface area contributed by atoms with Crippen LogP contribution in [0.4, 0.5) is 17.6 Å². The minimum atomic E-state index is -0.885. The molecule has 0 atom stereocenters. The predicted octanol–water partition coefficient (Wildman–Crippen LogP) is 9.79. The van der Waals surface area contributed by atoms with E-state index in [-0.39, 0.29) is 24.9 Å². The highest BCUT2D eigenvalue weighted by atomic mass is 19.2. The first-order chi connectivity index (χ1) is 20.1. The van der Waals surface area contributed by atoms with Crippen molar-refractivity contribution in [3.8, 4) is 17.2 Å². The van der Waals surface area contributed by atoms with E-state index in [2.05, 4.69) is 12.1 Å². The number of aryl methyl sites for hydroxylation is 1. The highest BCUT2D eigenvalue weighted by molar-refractivity contribution is 5.53. The van der Waals surface area contributed by atoms with Gasteiger partial charge in [-0.2, -0.15) is 4.39 Å². The summed E-state index contributed by atoms with van der Waals surface area (Å²) >= 11 is 0. The minimum Gasteiger partial charge on any atom is -0.490 e. The SMILES string of the molecule is CCCCOc1ccc(C2CCC(CCc3ccc(C4CCCCC4)c(OCCF)c3OCCF)CC2)c(F)c1F. The molecule has 228 valence electrons. The number of rotatable bonds is 15. The fourth-order valence-electron chi connectivity index (χ4n) is 6.56. The van der Waals surface area contributed by atoms with Crippen molar-refractivity contribution >= 4 is 0 Å². The third-order valence-electron chi connectivity index (χ3n) is 8.86. The predicted molar refractivity (Wildman–Crippen MR) is 155 cm³/mol. The van der Waals surface area contributed by atoms with Crippen molar-refractivity contribution in [2.45, 2.75) is 102 Å². The number of alkyl halides is 2. The molecule has 0 saturated heterocycles. The van der Waals surface area contributed by atoms with E-state index in [0.717, 1.165) is 88.2 Å². The van der Waals surface area contributed by atoms with Gasteiger partial charge in [0.2, 0.25) is 5.82 Å². The Bertz CT molecular complexity index is 1080. The Hall–Kier alpha value is -2.44. The second-order valence-electron chi connectivity index (χ2n) is 11.6. The van der Waals surface area contributed by atoms with E-state index in [0.29, 0.717) is 35.5 Å². The smallest absolute Gasteiger partial charge is 0.200 e. The molecule has 0 amide bonds. The molecule has 4 rings (SSSR count). The van der Waals surface area contributed by atoms with E-state index in [4.69, 9.17) is 14.2 Å². The summed E-state index contributed by atoms with van der Waals surface area (Å²) in [6.07, 6.45) is 12.5. The Morgan fingerprint density at radius 3 is 2.02 bits per heavy atom. The summed E-state index contributed by atoms with van der Waals surface area (Å²) in [4.78, 5) is 0. The third-order valence-corrected chi connectivity index (χ3v) is 8.86. The highest BCUT2D eigenvalue weighted by Gasteiger charge is 2.28. The van der Waals surface area contributed by atoms with Crippen LogP contribution in [0.15, 0.2) is 24.3 Å². The first-order valence-electron chi connectivity index (χ1n) is 15.7. The summed E-state index contributed by atoms with van der Waals surface area (Å²) in [5.41, 5.74) is 2.45. The van der Waals surface area contributed by atoms with Gasteiger partial charge in [-0.3, -0.25) is 0 Å². The van der Waals surface area contributed by atoms with Gasteiger partial charge in [-0.15, -0.1) is 0 Å². The van der Waals surface area contributed by atoms with Crippen LogP contribution in [-0.4, -0.2) is 33.2 Å². The monoisotopic (exact) mass is 578 g/mol. The van der Waals surface area contributed by atoms with Crippen molar-refractivity contribution in [3.63, 3.8) is 0 Å². The van der Waals surface area contributed by atoms with Gasteiger partial charge >= 0.3 is 0 Å². The van der Waals surface area contributed by atoms with Gasteiger partial charge in [0.05, 0.1) is 6.61 Å². The molecule has 0 aromatic heterocycles. The molecule has 2 aromatic rings. The summed E-state index contributed by atoms with van der Waals surface area (Å²) in [6, 6.07) is 7.43. The number of benzene rings is 2. The second kappa shape index (κ2) is 16.3. The molecule has 0 N–H and O–H groups in total. The summed E-state index contributed by atoms with van der Waals surface area (Å²) in [7, 11) is 0. The number of unbranched alkanes of at least 4 members (excludes halogenated alkanes) is 1. The van der Waals surface area contributed by atoms with Crippen molar-refractivity contribution < 1.29 is 31.8 Å². The van der Waals surface area contributed by atoms with Crippen LogP contribution in [0, 0.1) is 17.6 Å². The van der Waals surface area contributed by atoms with Crippen LogP contribution in [0.5, 0.6) is 17.2 Å². The van der Waals surface area contributed by atoms with Crippen molar-refractivity contribution in [1.82, 2.24) is 0 Å². The number of halogens is 4. The topological polar surface area (TPSA) is 27.7 Å². The van der Waals surface area contributed by atoms with Crippen LogP contribution in [0.3, 0.4) is 0 Å². The molecular formula is C34H46F4O3. The Morgan fingerprint density at radius 2 is 1.34 bits per heavy atom. The van der Waals surface area contributed by atoms with E-state index in [9.17, 15) is 17.6 Å². The quantitative estimate of drug-likeness (QED) is 0.156. The van der Waals surface area contributed by atoms with Crippen molar-refractivity contribution in [2.75, 3.05) is 33.2 Å². The van der Waals surface area contributed by atoms with Gasteiger partial charge in [0.15, 0.2) is 23.1 Å². The Labute approximate surface area is 243 Å². The molecule has 0 radical (unpaired) electrons. The average Bonchev–Trinajstić information content (AvgIpc) is 3.01. The van der Waals surface area contributed by atoms with Crippen LogP contribution in [-0.2, 0) is 6.42 Å². The van der Waals surface area contributed by atoms with Gasteiger partial charge in [-0.1, -0.05) is 50.8 Å². The Balaban J connectivity index is 1.41. The van der Waals surface area contributed by atoms with Gasteiger partial charge in [0.25, 0.3) is 0 Å². The van der Waals surface area contributed by atoms with Crippen molar-refractivity contribution in [2.24, 2.45) is 5.92 Å². The van der Waals surface area contributed by atoms with Gasteiger partial charge < -0.3 is 14.2 Å².